The summed E-state index contributed by atoms with van der Waals surface area (Å²) in [6.07, 6.45) is 0.419. The van der Waals surface area contributed by atoms with E-state index in [4.69, 9.17) is 11.5 Å². The molecule has 1 atom stereocenters. The number of benzene rings is 5. The van der Waals surface area contributed by atoms with Gasteiger partial charge in [0.05, 0.1) is 18.5 Å². The lowest BCUT2D eigenvalue weighted by molar-refractivity contribution is -0.117. The third-order valence-corrected chi connectivity index (χ3v) is 7.01. The van der Waals surface area contributed by atoms with Gasteiger partial charge in [0.1, 0.15) is 0 Å². The van der Waals surface area contributed by atoms with Crippen LogP contribution in [0.2, 0.25) is 0 Å². The second-order valence-corrected chi connectivity index (χ2v) is 10.0. The summed E-state index contributed by atoms with van der Waals surface area (Å²) in [5.41, 5.74) is 19.4. The van der Waals surface area contributed by atoms with E-state index < -0.39 is 6.04 Å². The van der Waals surface area contributed by atoms with Gasteiger partial charge in [-0.1, -0.05) is 96.1 Å². The molecule has 0 fully saturated rings. The predicted octanol–water partition coefficient (Wildman–Crippen LogP) is 7.10. The Morgan fingerprint density at radius 2 is 1.31 bits per heavy atom. The van der Waals surface area contributed by atoms with E-state index in [1.165, 1.54) is 0 Å². The number of nitrogen functional groups attached to an aromatic ring is 1. The highest BCUT2D eigenvalue weighted by Gasteiger charge is 2.31. The second-order valence-electron chi connectivity index (χ2n) is 10.0. The highest BCUT2D eigenvalue weighted by Crippen LogP contribution is 2.35. The van der Waals surface area contributed by atoms with E-state index in [9.17, 15) is 4.79 Å². The van der Waals surface area contributed by atoms with Gasteiger partial charge in [-0.15, -0.1) is 0 Å². The molecule has 5 aromatic carbocycles. The molecule has 39 heavy (non-hydrogen) atoms. The molecular formula is C35H33N3O. The fourth-order valence-electron chi connectivity index (χ4n) is 4.76. The minimum Gasteiger partial charge on any atom is -0.398 e. The maximum Gasteiger partial charge on any atom is 0.164 e. The first-order valence-electron chi connectivity index (χ1n) is 13.2. The molecule has 0 saturated carbocycles. The summed E-state index contributed by atoms with van der Waals surface area (Å²) in [6.45, 7) is 5.99. The van der Waals surface area contributed by atoms with Crippen molar-refractivity contribution in [2.45, 2.75) is 26.3 Å². The molecule has 4 nitrogen and oxygen atoms in total. The Balaban J connectivity index is 1.50. The summed E-state index contributed by atoms with van der Waals surface area (Å²) in [7, 11) is 0. The Morgan fingerprint density at radius 1 is 0.744 bits per heavy atom. The van der Waals surface area contributed by atoms with Crippen molar-refractivity contribution in [3.8, 4) is 0 Å². The van der Waals surface area contributed by atoms with E-state index in [2.05, 4.69) is 86.6 Å². The van der Waals surface area contributed by atoms with Crippen molar-refractivity contribution >= 4 is 33.6 Å². The van der Waals surface area contributed by atoms with Crippen molar-refractivity contribution in [3.05, 3.63) is 150 Å². The lowest BCUT2D eigenvalue weighted by Gasteiger charge is -2.30. The Kier molecular flexibility index (Phi) is 7.76. The molecule has 4 heteroatoms. The van der Waals surface area contributed by atoms with E-state index in [0.717, 1.165) is 38.8 Å². The smallest absolute Gasteiger partial charge is 0.164 e. The monoisotopic (exact) mass is 511 g/mol. The highest BCUT2D eigenvalue weighted by atomic mass is 16.1. The molecule has 4 N–H and O–H groups in total. The van der Waals surface area contributed by atoms with E-state index >= 15 is 0 Å². The average Bonchev–Trinajstić information content (AvgIpc) is 2.95. The van der Waals surface area contributed by atoms with Crippen LogP contribution in [-0.4, -0.2) is 11.8 Å². The number of fused-ring (bicyclic) bond motifs is 1. The molecule has 1 unspecified atom stereocenters. The molecule has 0 amide bonds. The number of aryl methyl sites for hydroxylation is 2. The number of rotatable bonds is 9. The van der Waals surface area contributed by atoms with Gasteiger partial charge in [-0.05, 0) is 72.5 Å². The number of carbonyl (C=O) groups excluding carboxylic acids is 1. The summed E-state index contributed by atoms with van der Waals surface area (Å²) >= 11 is 0. The van der Waals surface area contributed by atoms with Crippen molar-refractivity contribution < 1.29 is 4.79 Å². The van der Waals surface area contributed by atoms with Gasteiger partial charge in [-0.2, -0.15) is 0 Å². The molecule has 0 aliphatic heterocycles. The summed E-state index contributed by atoms with van der Waals surface area (Å²) in [6, 6.07) is 37.6. The summed E-state index contributed by atoms with van der Waals surface area (Å²) in [5.74, 6) is 0.313. The van der Waals surface area contributed by atoms with Crippen LogP contribution in [0.3, 0.4) is 0 Å². The van der Waals surface area contributed by atoms with Gasteiger partial charge in [0.25, 0.3) is 0 Å². The molecule has 0 aromatic heterocycles. The second kappa shape index (κ2) is 11.5. The molecule has 5 aromatic rings. The van der Waals surface area contributed by atoms with E-state index in [-0.39, 0.29) is 5.78 Å². The third-order valence-electron chi connectivity index (χ3n) is 7.01. The highest BCUT2D eigenvalue weighted by molar-refractivity contribution is 6.04. The normalized spacial score (nSPS) is 12.0. The van der Waals surface area contributed by atoms with Gasteiger partial charge in [0, 0.05) is 17.1 Å². The van der Waals surface area contributed by atoms with E-state index in [1.54, 1.807) is 0 Å². The van der Waals surface area contributed by atoms with E-state index in [0.29, 0.717) is 23.6 Å². The van der Waals surface area contributed by atoms with Crippen LogP contribution in [0.15, 0.2) is 115 Å². The molecule has 0 aliphatic rings. The topological polar surface area (TPSA) is 72.3 Å². The van der Waals surface area contributed by atoms with Crippen LogP contribution >= 0.6 is 0 Å². The molecule has 0 heterocycles. The minimum absolute atomic E-state index is 0.162. The molecule has 0 saturated heterocycles. The average molecular weight is 512 g/mol. The molecule has 0 bridgehead atoms. The first-order valence-corrected chi connectivity index (χ1v) is 13.2. The first kappa shape index (κ1) is 26.2. The number of hydrogen-bond acceptors (Lipinski definition) is 4. The number of nitrogens with zero attached hydrogens (tertiary/aromatic N) is 1. The lowest BCUT2D eigenvalue weighted by atomic mass is 9.86. The zero-order chi connectivity index (χ0) is 27.4. The van der Waals surface area contributed by atoms with Crippen LogP contribution in [0.1, 0.15) is 22.3 Å². The number of ketones is 1. The molecular weight excluding hydrogens is 478 g/mol. The largest absolute Gasteiger partial charge is 0.398 e. The van der Waals surface area contributed by atoms with Crippen LogP contribution in [-0.2, 0) is 11.2 Å². The standard InChI is InChI=1S/C35H33N3O/c1-24-11-17-29(18-12-24)38(30-19-13-25(2)14-20-30)23-32(31-9-5-6-10-33(31)36)35(39)34(37)22-26-15-16-27-7-3-4-8-28(27)21-26/h3-21,23,34H,22,36-37H2,1-2H3. The number of hydrogen-bond donors (Lipinski definition) is 2. The Hall–Kier alpha value is -4.41. The van der Waals surface area contributed by atoms with Crippen LogP contribution in [0, 0.1) is 26.3 Å². The number of carbonyl (C=O) groups is 1. The Labute approximate surface area is 230 Å². The quantitative estimate of drug-likeness (QED) is 0.207. The van der Waals surface area contributed by atoms with Crippen LogP contribution < -0.4 is 16.4 Å². The fraction of sp³-hybridized carbons (Fsp3) is 0.114. The third kappa shape index (κ3) is 6.02. The number of para-hydroxylation sites is 1. The van der Waals surface area contributed by atoms with Gasteiger partial charge in [-0.25, -0.2) is 0 Å². The van der Waals surface area contributed by atoms with Gasteiger partial charge in [0.2, 0.25) is 0 Å². The Morgan fingerprint density at radius 3 is 1.92 bits per heavy atom. The SMILES string of the molecule is Cc1ccc(N([CH][C](C(=O)C(N)Cc2ccc3ccccc3c2)c2ccccc2N)c2ccc(C)cc2)cc1. The number of Topliss-reactive ketones (excluding diaryl/α,β-unsaturated/α-hetero) is 1. The van der Waals surface area contributed by atoms with Crippen LogP contribution in [0.25, 0.3) is 10.8 Å². The summed E-state index contributed by atoms with van der Waals surface area (Å²) in [5, 5.41) is 2.29. The van der Waals surface area contributed by atoms with E-state index in [1.807, 2.05) is 53.9 Å². The molecule has 5 rings (SSSR count). The van der Waals surface area contributed by atoms with Gasteiger partial charge < -0.3 is 16.4 Å². The van der Waals surface area contributed by atoms with Crippen molar-refractivity contribution in [2.24, 2.45) is 5.73 Å². The zero-order valence-corrected chi connectivity index (χ0v) is 22.3. The lowest BCUT2D eigenvalue weighted by Crippen LogP contribution is -2.39. The van der Waals surface area contributed by atoms with Crippen molar-refractivity contribution in [2.75, 3.05) is 10.6 Å². The summed E-state index contributed by atoms with van der Waals surface area (Å²) < 4.78 is 0. The van der Waals surface area contributed by atoms with Crippen molar-refractivity contribution in [3.63, 3.8) is 0 Å². The van der Waals surface area contributed by atoms with Crippen LogP contribution in [0.5, 0.6) is 0 Å². The van der Waals surface area contributed by atoms with Gasteiger partial charge in [0.15, 0.2) is 5.78 Å². The summed E-state index contributed by atoms with van der Waals surface area (Å²) in [4.78, 5) is 16.1. The molecule has 194 valence electrons. The van der Waals surface area contributed by atoms with Gasteiger partial charge in [-0.3, -0.25) is 4.79 Å². The predicted molar refractivity (Wildman–Crippen MR) is 163 cm³/mol. The van der Waals surface area contributed by atoms with Gasteiger partial charge >= 0.3 is 0 Å². The zero-order valence-electron chi connectivity index (χ0n) is 22.3. The molecule has 0 aliphatic carbocycles. The number of anilines is 3. The van der Waals surface area contributed by atoms with Crippen molar-refractivity contribution in [1.29, 1.82) is 0 Å². The minimum atomic E-state index is -0.741. The van der Waals surface area contributed by atoms with Crippen molar-refractivity contribution in [1.82, 2.24) is 0 Å². The maximum atomic E-state index is 14.1. The first-order chi connectivity index (χ1) is 18.9. The maximum absolute atomic E-state index is 14.1. The van der Waals surface area contributed by atoms with Crippen LogP contribution in [0.4, 0.5) is 17.1 Å². The Bertz CT molecular complexity index is 1530. The fourth-order valence-corrected chi connectivity index (χ4v) is 4.76. The number of nitrogens with two attached hydrogens (primary N) is 2. The molecule has 2 radical (unpaired) electrons. The molecule has 0 spiro atoms.